The van der Waals surface area contributed by atoms with Gasteiger partial charge in [-0.05, 0) is 58.6 Å². The summed E-state index contributed by atoms with van der Waals surface area (Å²) < 4.78 is 5.34. The molecular weight excluding hydrogens is 454 g/mol. The molecule has 2 atom stereocenters. The molecule has 2 N–H and O–H groups in total. The number of carbonyl (C=O) groups excluding carboxylic acids is 3. The Labute approximate surface area is 216 Å². The number of terminal acetylenes is 1. The average Bonchev–Trinajstić information content (AvgIpc) is 2.82. The first-order valence-electron chi connectivity index (χ1n) is 13.2. The summed E-state index contributed by atoms with van der Waals surface area (Å²) in [4.78, 5) is 41.5. The molecule has 1 saturated carbocycles. The van der Waals surface area contributed by atoms with Crippen molar-refractivity contribution in [1.82, 2.24) is 15.5 Å². The molecule has 0 aromatic heterocycles. The van der Waals surface area contributed by atoms with Crippen LogP contribution in [0.4, 0.5) is 4.79 Å². The van der Waals surface area contributed by atoms with E-state index in [4.69, 9.17) is 11.2 Å². The van der Waals surface area contributed by atoms with E-state index in [9.17, 15) is 14.4 Å². The van der Waals surface area contributed by atoms with Crippen molar-refractivity contribution in [2.75, 3.05) is 6.54 Å². The van der Waals surface area contributed by atoms with Gasteiger partial charge in [0.1, 0.15) is 17.7 Å². The smallest absolute Gasteiger partial charge is 0.408 e. The minimum absolute atomic E-state index is 0.0802. The summed E-state index contributed by atoms with van der Waals surface area (Å²) in [5.74, 6) is 2.08. The van der Waals surface area contributed by atoms with Crippen LogP contribution in [0.3, 0.4) is 0 Å². The van der Waals surface area contributed by atoms with E-state index in [1.165, 1.54) is 6.42 Å². The number of nitrogens with zero attached hydrogens (tertiary/aromatic N) is 1. The van der Waals surface area contributed by atoms with Gasteiger partial charge in [-0.15, -0.1) is 6.42 Å². The third-order valence-electron chi connectivity index (χ3n) is 6.31. The van der Waals surface area contributed by atoms with Crippen LogP contribution in [0.15, 0.2) is 24.3 Å². The molecule has 1 fully saturated rings. The second kappa shape index (κ2) is 13.9. The topological polar surface area (TPSA) is 87.7 Å². The molecule has 7 heteroatoms. The van der Waals surface area contributed by atoms with Gasteiger partial charge in [-0.3, -0.25) is 9.59 Å². The number of alkyl carbamates (subject to hydrolysis) is 1. The minimum Gasteiger partial charge on any atom is -0.444 e. The fraction of sp³-hybridized carbons (Fsp3) is 0.621. The lowest BCUT2D eigenvalue weighted by Gasteiger charge is -2.35. The Morgan fingerprint density at radius 1 is 1.14 bits per heavy atom. The fourth-order valence-electron chi connectivity index (χ4n) is 4.54. The van der Waals surface area contributed by atoms with Crippen molar-refractivity contribution in [3.63, 3.8) is 0 Å². The number of amides is 3. The molecule has 3 amide bonds. The monoisotopic (exact) mass is 497 g/mol. The highest BCUT2D eigenvalue weighted by Crippen LogP contribution is 2.27. The van der Waals surface area contributed by atoms with Gasteiger partial charge < -0.3 is 20.3 Å². The summed E-state index contributed by atoms with van der Waals surface area (Å²) in [6.07, 6.45) is 12.9. The standard InChI is InChI=1S/C29H43N3O4/c1-7-9-15-20-32(27(34)21(3)30-28(35)36-29(4,5)6)25(24-19-14-13-16-22(24)8-2)26(33)31-23-17-11-10-12-18-23/h2,13-14,16,19,21,23,25H,7,9-12,15,17-18,20H2,1,3-6H3,(H,30,35)(H,31,33). The highest BCUT2D eigenvalue weighted by Gasteiger charge is 2.36. The Morgan fingerprint density at radius 2 is 1.81 bits per heavy atom. The maximum Gasteiger partial charge on any atom is 0.408 e. The van der Waals surface area contributed by atoms with Crippen LogP contribution in [0, 0.1) is 12.3 Å². The molecule has 1 aromatic carbocycles. The molecule has 0 spiro atoms. The van der Waals surface area contributed by atoms with Crippen LogP contribution in [0.5, 0.6) is 0 Å². The Bertz CT molecular complexity index is 925. The summed E-state index contributed by atoms with van der Waals surface area (Å²) in [6, 6.07) is 5.55. The first-order chi connectivity index (χ1) is 17.1. The van der Waals surface area contributed by atoms with Gasteiger partial charge in [-0.1, -0.05) is 63.1 Å². The Balaban J connectivity index is 2.41. The maximum atomic E-state index is 13.8. The summed E-state index contributed by atoms with van der Waals surface area (Å²) in [5, 5.41) is 5.83. The number of carbonyl (C=O) groups is 3. The average molecular weight is 498 g/mol. The Kier molecular flexibility index (Phi) is 11.3. The molecule has 0 aliphatic heterocycles. The van der Waals surface area contributed by atoms with Crippen LogP contribution in [0.25, 0.3) is 0 Å². The quantitative estimate of drug-likeness (QED) is 0.348. The van der Waals surface area contributed by atoms with Crippen molar-refractivity contribution in [3.05, 3.63) is 35.4 Å². The summed E-state index contributed by atoms with van der Waals surface area (Å²) >= 11 is 0. The summed E-state index contributed by atoms with van der Waals surface area (Å²) in [5.41, 5.74) is 0.493. The van der Waals surface area contributed by atoms with Crippen molar-refractivity contribution in [3.8, 4) is 12.3 Å². The minimum atomic E-state index is -0.897. The predicted molar refractivity (Wildman–Crippen MR) is 142 cm³/mol. The first-order valence-corrected chi connectivity index (χ1v) is 13.2. The van der Waals surface area contributed by atoms with Gasteiger partial charge in [0.15, 0.2) is 0 Å². The number of rotatable bonds is 10. The molecule has 0 radical (unpaired) electrons. The SMILES string of the molecule is C#Cc1ccccc1C(C(=O)NC1CCCCC1)N(CCCCC)C(=O)C(C)NC(=O)OC(C)(C)C. The molecule has 0 saturated heterocycles. The maximum absolute atomic E-state index is 13.8. The summed E-state index contributed by atoms with van der Waals surface area (Å²) in [6.45, 7) is 9.35. The highest BCUT2D eigenvalue weighted by atomic mass is 16.6. The third-order valence-corrected chi connectivity index (χ3v) is 6.31. The van der Waals surface area contributed by atoms with Gasteiger partial charge in [0.2, 0.25) is 11.8 Å². The van der Waals surface area contributed by atoms with E-state index in [2.05, 4.69) is 23.5 Å². The molecule has 1 aliphatic rings. The van der Waals surface area contributed by atoms with Gasteiger partial charge in [0.05, 0.1) is 0 Å². The first kappa shape index (κ1) is 29.2. The third kappa shape index (κ3) is 8.89. The summed E-state index contributed by atoms with van der Waals surface area (Å²) in [7, 11) is 0. The lowest BCUT2D eigenvalue weighted by atomic mass is 9.93. The van der Waals surface area contributed by atoms with Crippen LogP contribution in [-0.2, 0) is 14.3 Å². The van der Waals surface area contributed by atoms with E-state index in [-0.39, 0.29) is 17.9 Å². The van der Waals surface area contributed by atoms with E-state index in [1.807, 2.05) is 18.2 Å². The van der Waals surface area contributed by atoms with E-state index in [0.29, 0.717) is 17.7 Å². The van der Waals surface area contributed by atoms with Gasteiger partial charge in [-0.25, -0.2) is 4.79 Å². The van der Waals surface area contributed by atoms with Crippen molar-refractivity contribution in [2.45, 2.75) is 110 Å². The molecule has 7 nitrogen and oxygen atoms in total. The van der Waals surface area contributed by atoms with Crippen LogP contribution in [0.1, 0.15) is 103 Å². The number of hydrogen-bond donors (Lipinski definition) is 2. The number of unbranched alkanes of at least 4 members (excludes halogenated alkanes) is 2. The van der Waals surface area contributed by atoms with Crippen LogP contribution in [-0.4, -0.2) is 47.0 Å². The zero-order valence-electron chi connectivity index (χ0n) is 22.6. The van der Waals surface area contributed by atoms with Gasteiger partial charge in [0, 0.05) is 18.2 Å². The molecule has 198 valence electrons. The lowest BCUT2D eigenvalue weighted by Crippen LogP contribution is -2.53. The molecule has 1 aliphatic carbocycles. The predicted octanol–water partition coefficient (Wildman–Crippen LogP) is 5.09. The Morgan fingerprint density at radius 3 is 2.42 bits per heavy atom. The number of benzene rings is 1. The molecular formula is C29H43N3O4. The van der Waals surface area contributed by atoms with Crippen molar-refractivity contribution in [1.29, 1.82) is 0 Å². The highest BCUT2D eigenvalue weighted by molar-refractivity contribution is 5.92. The van der Waals surface area contributed by atoms with Crippen LogP contribution < -0.4 is 10.6 Å². The number of hydrogen-bond acceptors (Lipinski definition) is 4. The van der Waals surface area contributed by atoms with Crippen molar-refractivity contribution >= 4 is 17.9 Å². The van der Waals surface area contributed by atoms with Crippen LogP contribution >= 0.6 is 0 Å². The largest absolute Gasteiger partial charge is 0.444 e. The van der Waals surface area contributed by atoms with E-state index >= 15 is 0 Å². The molecule has 0 bridgehead atoms. The molecule has 2 rings (SSSR count). The second-order valence-electron chi connectivity index (χ2n) is 10.6. The zero-order chi connectivity index (χ0) is 26.7. The second-order valence-corrected chi connectivity index (χ2v) is 10.6. The lowest BCUT2D eigenvalue weighted by molar-refractivity contribution is -0.142. The molecule has 1 aromatic rings. The molecule has 0 heterocycles. The number of ether oxygens (including phenoxy) is 1. The Hall–Kier alpha value is -3.01. The molecule has 36 heavy (non-hydrogen) atoms. The normalized spacial score (nSPS) is 15.8. The van der Waals surface area contributed by atoms with Gasteiger partial charge in [-0.2, -0.15) is 0 Å². The molecule has 2 unspecified atom stereocenters. The van der Waals surface area contributed by atoms with Gasteiger partial charge >= 0.3 is 6.09 Å². The van der Waals surface area contributed by atoms with E-state index in [1.54, 1.807) is 38.7 Å². The van der Waals surface area contributed by atoms with E-state index < -0.39 is 23.8 Å². The van der Waals surface area contributed by atoms with Crippen LogP contribution in [0.2, 0.25) is 0 Å². The fourth-order valence-corrected chi connectivity index (χ4v) is 4.54. The van der Waals surface area contributed by atoms with Crippen molar-refractivity contribution in [2.24, 2.45) is 0 Å². The number of nitrogens with one attached hydrogen (secondary N) is 2. The van der Waals surface area contributed by atoms with Gasteiger partial charge in [0.25, 0.3) is 0 Å². The van der Waals surface area contributed by atoms with E-state index in [0.717, 1.165) is 44.9 Å². The van der Waals surface area contributed by atoms with Crippen molar-refractivity contribution < 1.29 is 19.1 Å². The zero-order valence-corrected chi connectivity index (χ0v) is 22.6.